The van der Waals surface area contributed by atoms with Gasteiger partial charge in [0.15, 0.2) is 11.6 Å². The first-order valence-electron chi connectivity index (χ1n) is 8.59. The van der Waals surface area contributed by atoms with Gasteiger partial charge in [-0.1, -0.05) is 0 Å². The van der Waals surface area contributed by atoms with Gasteiger partial charge in [-0.3, -0.25) is 4.68 Å². The van der Waals surface area contributed by atoms with Crippen molar-refractivity contribution in [3.05, 3.63) is 29.0 Å². The lowest BCUT2D eigenvalue weighted by molar-refractivity contribution is 0.608. The van der Waals surface area contributed by atoms with Crippen LogP contribution in [0.3, 0.4) is 0 Å². The van der Waals surface area contributed by atoms with E-state index in [1.165, 1.54) is 6.20 Å². The molecule has 1 unspecified atom stereocenters. The number of hydrogen-bond acceptors (Lipinski definition) is 5. The highest BCUT2D eigenvalue weighted by Gasteiger charge is 2.21. The van der Waals surface area contributed by atoms with Gasteiger partial charge in [0.1, 0.15) is 0 Å². The first-order chi connectivity index (χ1) is 11.5. The van der Waals surface area contributed by atoms with Crippen molar-refractivity contribution in [3.63, 3.8) is 0 Å². The second-order valence-corrected chi connectivity index (χ2v) is 6.33. The molecule has 0 radical (unpaired) electrons. The summed E-state index contributed by atoms with van der Waals surface area (Å²) in [5, 5.41) is 7.85. The van der Waals surface area contributed by atoms with E-state index in [0.29, 0.717) is 11.8 Å². The van der Waals surface area contributed by atoms with E-state index >= 15 is 0 Å². The molecule has 130 valence electrons. The maximum absolute atomic E-state index is 14.1. The SMILES string of the molecule is CCn1nc(C)c(C(C)Nc2ncc(F)c(N3CCCC3)n2)c1C. The standard InChI is InChI=1S/C17H25FN6/c1-5-24-13(4)15(12(3)22-24)11(2)20-17-19-10-14(18)16(21-17)23-8-6-7-9-23/h10-11H,5-9H2,1-4H3,(H,19,20,21). The third kappa shape index (κ3) is 3.07. The predicted molar refractivity (Wildman–Crippen MR) is 92.8 cm³/mol. The Kier molecular flexibility index (Phi) is 4.69. The fraction of sp³-hybridized carbons (Fsp3) is 0.588. The quantitative estimate of drug-likeness (QED) is 0.911. The number of nitrogens with one attached hydrogen (secondary N) is 1. The Labute approximate surface area is 142 Å². The first kappa shape index (κ1) is 16.7. The molecule has 7 heteroatoms. The van der Waals surface area contributed by atoms with Gasteiger partial charge >= 0.3 is 0 Å². The molecule has 3 rings (SSSR count). The number of rotatable bonds is 5. The number of hydrogen-bond donors (Lipinski definition) is 1. The van der Waals surface area contributed by atoms with Crippen LogP contribution in [0.1, 0.15) is 49.7 Å². The summed E-state index contributed by atoms with van der Waals surface area (Å²) in [5.41, 5.74) is 3.28. The number of nitrogens with zero attached hydrogens (tertiary/aromatic N) is 5. The molecule has 0 saturated carbocycles. The number of aromatic nitrogens is 4. The summed E-state index contributed by atoms with van der Waals surface area (Å²) in [6, 6.07) is 0.00203. The Morgan fingerprint density at radius 2 is 2.00 bits per heavy atom. The van der Waals surface area contributed by atoms with Crippen LogP contribution in [-0.4, -0.2) is 32.8 Å². The van der Waals surface area contributed by atoms with Crippen LogP contribution in [0.25, 0.3) is 0 Å². The molecule has 2 aromatic heterocycles. The highest BCUT2D eigenvalue weighted by Crippen LogP contribution is 2.26. The van der Waals surface area contributed by atoms with Crippen LogP contribution < -0.4 is 10.2 Å². The lowest BCUT2D eigenvalue weighted by Gasteiger charge is -2.19. The molecule has 6 nitrogen and oxygen atoms in total. The fourth-order valence-electron chi connectivity index (χ4n) is 3.49. The molecule has 1 aliphatic heterocycles. The van der Waals surface area contributed by atoms with E-state index in [4.69, 9.17) is 0 Å². The van der Waals surface area contributed by atoms with Crippen LogP contribution in [0.15, 0.2) is 6.20 Å². The van der Waals surface area contributed by atoms with Gasteiger partial charge in [0.25, 0.3) is 0 Å². The maximum Gasteiger partial charge on any atom is 0.225 e. The molecule has 24 heavy (non-hydrogen) atoms. The Morgan fingerprint density at radius 3 is 2.62 bits per heavy atom. The molecule has 1 N–H and O–H groups in total. The summed E-state index contributed by atoms with van der Waals surface area (Å²) in [5.74, 6) is 0.491. The molecular weight excluding hydrogens is 307 g/mol. The Hall–Kier alpha value is -2.18. The fourth-order valence-corrected chi connectivity index (χ4v) is 3.49. The third-order valence-corrected chi connectivity index (χ3v) is 4.65. The van der Waals surface area contributed by atoms with Crippen LogP contribution in [0.4, 0.5) is 16.2 Å². The van der Waals surface area contributed by atoms with Crippen molar-refractivity contribution in [3.8, 4) is 0 Å². The minimum atomic E-state index is -0.360. The lowest BCUT2D eigenvalue weighted by atomic mass is 10.1. The monoisotopic (exact) mass is 332 g/mol. The molecule has 1 saturated heterocycles. The van der Waals surface area contributed by atoms with Crippen LogP contribution in [0.2, 0.25) is 0 Å². The summed E-state index contributed by atoms with van der Waals surface area (Å²) >= 11 is 0. The average Bonchev–Trinajstić information content (AvgIpc) is 3.17. The summed E-state index contributed by atoms with van der Waals surface area (Å²) in [6.07, 6.45) is 3.42. The molecule has 0 amide bonds. The van der Waals surface area contributed by atoms with Crippen molar-refractivity contribution in [2.24, 2.45) is 0 Å². The minimum Gasteiger partial charge on any atom is -0.354 e. The Balaban J connectivity index is 1.83. The van der Waals surface area contributed by atoms with Crippen LogP contribution in [0, 0.1) is 19.7 Å². The second kappa shape index (κ2) is 6.75. The summed E-state index contributed by atoms with van der Waals surface area (Å²) in [6.45, 7) is 10.7. The van der Waals surface area contributed by atoms with Gasteiger partial charge in [0.2, 0.25) is 5.95 Å². The first-order valence-corrected chi connectivity index (χ1v) is 8.59. The molecule has 0 bridgehead atoms. The van der Waals surface area contributed by atoms with Crippen molar-refractivity contribution in [1.29, 1.82) is 0 Å². The highest BCUT2D eigenvalue weighted by molar-refractivity contribution is 5.46. The predicted octanol–water partition coefficient (Wildman–Crippen LogP) is 3.22. The van der Waals surface area contributed by atoms with E-state index in [1.54, 1.807) is 0 Å². The highest BCUT2D eigenvalue weighted by atomic mass is 19.1. The van der Waals surface area contributed by atoms with E-state index in [1.807, 2.05) is 16.5 Å². The van der Waals surface area contributed by atoms with Crippen molar-refractivity contribution in [2.75, 3.05) is 23.3 Å². The summed E-state index contributed by atoms with van der Waals surface area (Å²) in [7, 11) is 0. The lowest BCUT2D eigenvalue weighted by Crippen LogP contribution is -2.22. The third-order valence-electron chi connectivity index (χ3n) is 4.65. The molecule has 3 heterocycles. The molecule has 0 aliphatic carbocycles. The van der Waals surface area contributed by atoms with Crippen molar-refractivity contribution in [1.82, 2.24) is 19.7 Å². The topological polar surface area (TPSA) is 58.9 Å². The van der Waals surface area contributed by atoms with Gasteiger partial charge in [0.05, 0.1) is 17.9 Å². The van der Waals surface area contributed by atoms with E-state index in [2.05, 4.69) is 41.2 Å². The van der Waals surface area contributed by atoms with Crippen LogP contribution >= 0.6 is 0 Å². The normalized spacial score (nSPS) is 15.8. The van der Waals surface area contributed by atoms with E-state index < -0.39 is 0 Å². The van der Waals surface area contributed by atoms with Crippen molar-refractivity contribution < 1.29 is 4.39 Å². The second-order valence-electron chi connectivity index (χ2n) is 6.33. The van der Waals surface area contributed by atoms with Gasteiger partial charge in [-0.05, 0) is 40.5 Å². The smallest absolute Gasteiger partial charge is 0.225 e. The summed E-state index contributed by atoms with van der Waals surface area (Å²) in [4.78, 5) is 10.5. The van der Waals surface area contributed by atoms with E-state index in [9.17, 15) is 4.39 Å². The largest absolute Gasteiger partial charge is 0.354 e. The Morgan fingerprint density at radius 1 is 1.29 bits per heavy atom. The van der Waals surface area contributed by atoms with Gasteiger partial charge in [0, 0.05) is 30.9 Å². The summed E-state index contributed by atoms with van der Waals surface area (Å²) < 4.78 is 16.0. The van der Waals surface area contributed by atoms with E-state index in [0.717, 1.165) is 49.4 Å². The van der Waals surface area contributed by atoms with Gasteiger partial charge in [-0.15, -0.1) is 0 Å². The molecule has 2 aromatic rings. The van der Waals surface area contributed by atoms with Crippen molar-refractivity contribution in [2.45, 2.75) is 53.1 Å². The number of halogens is 1. The molecular formula is C17H25FN6. The minimum absolute atomic E-state index is 0.00203. The van der Waals surface area contributed by atoms with Gasteiger partial charge in [-0.2, -0.15) is 10.1 Å². The van der Waals surface area contributed by atoms with Crippen LogP contribution in [-0.2, 0) is 6.54 Å². The molecule has 1 aliphatic rings. The Bertz CT molecular complexity index is 720. The average molecular weight is 332 g/mol. The zero-order chi connectivity index (χ0) is 17.3. The van der Waals surface area contributed by atoms with E-state index in [-0.39, 0.29) is 11.9 Å². The molecule has 0 spiro atoms. The molecule has 1 atom stereocenters. The van der Waals surface area contributed by atoms with Gasteiger partial charge in [-0.25, -0.2) is 9.37 Å². The van der Waals surface area contributed by atoms with Crippen molar-refractivity contribution >= 4 is 11.8 Å². The zero-order valence-corrected chi connectivity index (χ0v) is 14.8. The maximum atomic E-state index is 14.1. The zero-order valence-electron chi connectivity index (χ0n) is 14.8. The number of aryl methyl sites for hydroxylation is 2. The molecule has 0 aromatic carbocycles. The number of anilines is 2. The van der Waals surface area contributed by atoms with Crippen LogP contribution in [0.5, 0.6) is 0 Å². The van der Waals surface area contributed by atoms with Gasteiger partial charge < -0.3 is 10.2 Å². The molecule has 1 fully saturated rings.